The van der Waals surface area contributed by atoms with E-state index in [1.165, 1.54) is 0 Å². The van der Waals surface area contributed by atoms with Gasteiger partial charge in [-0.1, -0.05) is 56.3 Å². The van der Waals surface area contributed by atoms with Crippen LogP contribution < -0.4 is 20.3 Å². The second-order valence-electron chi connectivity index (χ2n) is 13.4. The van der Waals surface area contributed by atoms with Crippen molar-refractivity contribution >= 4 is 18.0 Å². The maximum Gasteiger partial charge on any atom is 0.355 e. The molecule has 47 heavy (non-hydrogen) atoms. The normalized spacial score (nSPS) is 22.6. The maximum absolute atomic E-state index is 13.5. The number of aromatic hydroxyl groups is 4. The molecule has 6 atom stereocenters. The van der Waals surface area contributed by atoms with Crippen LogP contribution in [-0.4, -0.2) is 59.9 Å². The van der Waals surface area contributed by atoms with Crippen LogP contribution in [0.1, 0.15) is 97.4 Å². The third-order valence-electron chi connectivity index (χ3n) is 9.92. The zero-order valence-corrected chi connectivity index (χ0v) is 26.1. The topological polar surface area (TPSA) is 185 Å². The molecule has 0 aliphatic heterocycles. The highest BCUT2D eigenvalue weighted by Gasteiger charge is 2.46. The van der Waals surface area contributed by atoms with E-state index in [-0.39, 0.29) is 66.0 Å². The van der Waals surface area contributed by atoms with Crippen molar-refractivity contribution in [2.75, 3.05) is 0 Å². The number of hydrogen-bond acceptors (Lipinski definition) is 9. The number of nitrogens with zero attached hydrogens (tertiary/aromatic N) is 2. The van der Waals surface area contributed by atoms with Crippen LogP contribution in [0.25, 0.3) is 0 Å². The average molecular weight is 647 g/mol. The first-order valence-corrected chi connectivity index (χ1v) is 16.1. The number of carbonyl (C=O) groups excluding carboxylic acids is 3. The van der Waals surface area contributed by atoms with Crippen molar-refractivity contribution in [2.45, 2.75) is 88.1 Å². The molecule has 0 saturated heterocycles. The number of allylic oxidation sites excluding steroid dienone is 2. The van der Waals surface area contributed by atoms with E-state index in [0.29, 0.717) is 32.5 Å². The summed E-state index contributed by atoms with van der Waals surface area (Å²) in [5.74, 6) is -3.31. The minimum Gasteiger partial charge on any atom is -0.492 e. The van der Waals surface area contributed by atoms with Gasteiger partial charge in [0.25, 0.3) is 0 Å². The highest BCUT2D eigenvalue weighted by atomic mass is 16.7. The van der Waals surface area contributed by atoms with Gasteiger partial charge in [0.2, 0.25) is 23.5 Å². The molecule has 3 aromatic rings. The molecule has 7 rings (SSSR count). The zero-order valence-electron chi connectivity index (χ0n) is 26.1. The molecule has 4 bridgehead atoms. The number of nitrogens with one attached hydrogen (secondary N) is 2. The Hall–Kier alpha value is -5.07. The second-order valence-corrected chi connectivity index (χ2v) is 13.4. The number of hydrogen-bond donors (Lipinski definition) is 6. The average Bonchev–Trinajstić information content (AvgIpc) is 3.89. The maximum atomic E-state index is 13.5. The number of carbonyl (C=O) groups is 3. The van der Waals surface area contributed by atoms with E-state index in [9.17, 15) is 34.8 Å². The summed E-state index contributed by atoms with van der Waals surface area (Å²) in [5, 5.41) is 48.5. The Morgan fingerprint density at radius 1 is 0.745 bits per heavy atom. The summed E-state index contributed by atoms with van der Waals surface area (Å²) >= 11 is 0. The Morgan fingerprint density at radius 3 is 1.77 bits per heavy atom. The second kappa shape index (κ2) is 11.6. The van der Waals surface area contributed by atoms with E-state index in [1.54, 1.807) is 30.3 Å². The van der Waals surface area contributed by atoms with Gasteiger partial charge in [0.1, 0.15) is 12.1 Å². The lowest BCUT2D eigenvalue weighted by atomic mass is 9.95. The molecule has 4 aliphatic rings. The van der Waals surface area contributed by atoms with E-state index < -0.39 is 30.1 Å². The van der Waals surface area contributed by atoms with Crippen LogP contribution in [-0.2, 0) is 16.0 Å². The Kier molecular flexibility index (Phi) is 7.56. The molecule has 1 fully saturated rings. The summed E-state index contributed by atoms with van der Waals surface area (Å²) in [4.78, 5) is 51.2. The van der Waals surface area contributed by atoms with E-state index in [4.69, 9.17) is 9.68 Å². The minimum atomic E-state index is -1.30. The van der Waals surface area contributed by atoms with Crippen LogP contribution in [0.5, 0.6) is 23.5 Å². The summed E-state index contributed by atoms with van der Waals surface area (Å²) < 4.78 is 1.42. The first-order valence-electron chi connectivity index (χ1n) is 16.1. The zero-order chi connectivity index (χ0) is 33.1. The predicted octanol–water partition coefficient (Wildman–Crippen LogP) is 3.55. The molecule has 4 aliphatic carbocycles. The van der Waals surface area contributed by atoms with Gasteiger partial charge in [0, 0.05) is 40.5 Å². The first kappa shape index (κ1) is 30.6. The Balaban J connectivity index is 1.08. The Labute approximate surface area is 270 Å². The van der Waals surface area contributed by atoms with Gasteiger partial charge in [-0.3, -0.25) is 0 Å². The standard InChI is InChI=1S/C34H38N4O9/c1-16(2)12-22(32(43)46-37-28(39)24-18-8-9-19(14-18)25(24)29(37)40)35-34(45)36-23(13-17-6-4-3-5-7-17)33(44)47-38-30(41)26-20-10-11-21(15-20)27(26)31(38)42/h3-7,10-11,16,18-23,39-42H,8-9,12-15H2,1-2H3,(H2,35,36,45)/t18?,19?,20?,21?,22-,23+/m0/s1. The quantitative estimate of drug-likeness (QED) is 0.179. The van der Waals surface area contributed by atoms with Gasteiger partial charge in [-0.15, -0.1) is 9.46 Å². The Morgan fingerprint density at radius 2 is 1.23 bits per heavy atom. The van der Waals surface area contributed by atoms with Gasteiger partial charge in [-0.2, -0.15) is 0 Å². The van der Waals surface area contributed by atoms with Gasteiger partial charge in [0.15, 0.2) is 0 Å². The van der Waals surface area contributed by atoms with Crippen LogP contribution in [0.3, 0.4) is 0 Å². The van der Waals surface area contributed by atoms with E-state index in [1.807, 2.05) is 26.0 Å². The summed E-state index contributed by atoms with van der Waals surface area (Å²) in [7, 11) is 0. The summed E-state index contributed by atoms with van der Waals surface area (Å²) in [6.07, 6.45) is 7.38. The van der Waals surface area contributed by atoms with Crippen molar-refractivity contribution in [1.29, 1.82) is 0 Å². The van der Waals surface area contributed by atoms with E-state index in [2.05, 4.69) is 10.6 Å². The lowest BCUT2D eigenvalue weighted by Gasteiger charge is -2.22. The molecule has 2 aromatic heterocycles. The van der Waals surface area contributed by atoms with Crippen molar-refractivity contribution in [1.82, 2.24) is 20.1 Å². The van der Waals surface area contributed by atoms with Crippen LogP contribution in [0.15, 0.2) is 42.5 Å². The van der Waals surface area contributed by atoms with Gasteiger partial charge in [-0.25, -0.2) is 14.4 Å². The molecule has 2 amide bonds. The van der Waals surface area contributed by atoms with Crippen LogP contribution in [0.4, 0.5) is 4.79 Å². The van der Waals surface area contributed by atoms with Crippen LogP contribution in [0, 0.1) is 5.92 Å². The number of benzene rings is 1. The summed E-state index contributed by atoms with van der Waals surface area (Å²) in [6, 6.07) is 5.50. The van der Waals surface area contributed by atoms with E-state index >= 15 is 0 Å². The fraction of sp³-hybridized carbons (Fsp3) is 0.441. The van der Waals surface area contributed by atoms with Crippen LogP contribution in [0.2, 0.25) is 0 Å². The fourth-order valence-electron chi connectivity index (χ4n) is 7.86. The number of urea groups is 1. The lowest BCUT2D eigenvalue weighted by Crippen LogP contribution is -2.54. The third-order valence-corrected chi connectivity index (χ3v) is 9.92. The lowest BCUT2D eigenvalue weighted by molar-refractivity contribution is -0.148. The third kappa shape index (κ3) is 5.23. The molecule has 2 heterocycles. The monoisotopic (exact) mass is 646 g/mol. The molecule has 13 nitrogen and oxygen atoms in total. The molecule has 1 aromatic carbocycles. The molecular formula is C34H38N4O9. The molecular weight excluding hydrogens is 608 g/mol. The SMILES string of the molecule is CC(C)C[C@H](NC(=O)N[C@H](Cc1ccccc1)C(=O)On1c(O)c2c(c1O)C1C=CC2C1)C(=O)On1c(O)c2c(c1O)C1CCC2C1. The van der Waals surface area contributed by atoms with Gasteiger partial charge in [0.05, 0.1) is 0 Å². The highest BCUT2D eigenvalue weighted by molar-refractivity contribution is 5.87. The molecule has 4 unspecified atom stereocenters. The van der Waals surface area contributed by atoms with Crippen molar-refractivity contribution in [3.8, 4) is 23.5 Å². The number of fused-ring (bicyclic) bond motifs is 10. The number of aromatic nitrogens is 2. The molecule has 0 spiro atoms. The van der Waals surface area contributed by atoms with Crippen molar-refractivity contribution in [3.63, 3.8) is 0 Å². The van der Waals surface area contributed by atoms with Gasteiger partial charge < -0.3 is 40.7 Å². The Bertz CT molecular complexity index is 1710. The number of rotatable bonds is 10. The molecule has 248 valence electrons. The molecule has 6 N–H and O–H groups in total. The van der Waals surface area contributed by atoms with Crippen molar-refractivity contribution in [3.05, 3.63) is 70.3 Å². The molecule has 0 radical (unpaired) electrons. The van der Waals surface area contributed by atoms with Crippen molar-refractivity contribution < 1.29 is 44.5 Å². The summed E-state index contributed by atoms with van der Waals surface area (Å²) in [5.41, 5.74) is 2.93. The van der Waals surface area contributed by atoms with Crippen LogP contribution >= 0.6 is 0 Å². The smallest absolute Gasteiger partial charge is 0.355 e. The van der Waals surface area contributed by atoms with Gasteiger partial charge >= 0.3 is 18.0 Å². The van der Waals surface area contributed by atoms with E-state index in [0.717, 1.165) is 30.4 Å². The molecule has 1 saturated carbocycles. The largest absolute Gasteiger partial charge is 0.492 e. The number of amides is 2. The minimum absolute atomic E-state index is 0.000693. The first-order chi connectivity index (χ1) is 22.5. The van der Waals surface area contributed by atoms with Gasteiger partial charge in [-0.05, 0) is 55.4 Å². The fourth-order valence-corrected chi connectivity index (χ4v) is 7.86. The molecule has 13 heteroatoms. The summed E-state index contributed by atoms with van der Waals surface area (Å²) in [6.45, 7) is 3.70. The van der Waals surface area contributed by atoms with Crippen molar-refractivity contribution in [2.24, 2.45) is 5.92 Å². The highest BCUT2D eigenvalue weighted by Crippen LogP contribution is 2.59. The predicted molar refractivity (Wildman–Crippen MR) is 166 cm³/mol.